The third-order valence-corrected chi connectivity index (χ3v) is 10.0. The van der Waals surface area contributed by atoms with Gasteiger partial charge in [0.25, 0.3) is 0 Å². The van der Waals surface area contributed by atoms with Gasteiger partial charge in [-0.1, -0.05) is 121 Å². The average Bonchev–Trinajstić information content (AvgIpc) is 3.71. The van der Waals surface area contributed by atoms with Crippen molar-refractivity contribution in [2.24, 2.45) is 0 Å². The molecule has 0 amide bonds. The number of fused-ring (bicyclic) bond motifs is 6. The molecule has 0 aliphatic heterocycles. The molecule has 0 aliphatic rings. The fourth-order valence-electron chi connectivity index (χ4n) is 7.63. The van der Waals surface area contributed by atoms with Crippen LogP contribution in [0.5, 0.6) is 0 Å². The van der Waals surface area contributed by atoms with Crippen LogP contribution >= 0.6 is 0 Å². The maximum atomic E-state index is 3.17. The first kappa shape index (κ1) is 28.2. The van der Waals surface area contributed by atoms with Crippen LogP contribution < -0.4 is 0 Å². The van der Waals surface area contributed by atoms with E-state index in [-0.39, 0.29) is 0 Å². The van der Waals surface area contributed by atoms with Crippen LogP contribution in [0.4, 0.5) is 0 Å². The molecule has 2 heteroatoms. The Morgan fingerprint density at radius 2 is 0.740 bits per heavy atom. The lowest BCUT2D eigenvalue weighted by molar-refractivity contribution is 1.18. The lowest BCUT2D eigenvalue weighted by Gasteiger charge is -2.09. The number of rotatable bonds is 5. The highest BCUT2D eigenvalue weighted by Crippen LogP contribution is 2.39. The van der Waals surface area contributed by atoms with E-state index < -0.39 is 0 Å². The van der Waals surface area contributed by atoms with Gasteiger partial charge < -0.3 is 9.13 Å². The zero-order valence-electron chi connectivity index (χ0n) is 27.2. The van der Waals surface area contributed by atoms with Gasteiger partial charge in [0.05, 0.1) is 27.8 Å². The first-order valence-corrected chi connectivity index (χ1v) is 17.0. The van der Waals surface area contributed by atoms with Gasteiger partial charge in [-0.3, -0.25) is 0 Å². The molecule has 2 heterocycles. The van der Waals surface area contributed by atoms with Gasteiger partial charge in [-0.2, -0.15) is 0 Å². The van der Waals surface area contributed by atoms with Crippen molar-refractivity contribution in [1.29, 1.82) is 0 Å². The van der Waals surface area contributed by atoms with Crippen LogP contribution in [0.3, 0.4) is 0 Å². The summed E-state index contributed by atoms with van der Waals surface area (Å²) in [5.74, 6) is 0. The Morgan fingerprint density at radius 1 is 0.300 bits per heavy atom. The molecule has 2 aromatic heterocycles. The highest BCUT2D eigenvalue weighted by Gasteiger charge is 2.17. The molecule has 0 bridgehead atoms. The fourth-order valence-corrected chi connectivity index (χ4v) is 7.63. The molecule has 232 valence electrons. The van der Waals surface area contributed by atoms with E-state index in [9.17, 15) is 0 Å². The van der Waals surface area contributed by atoms with Gasteiger partial charge in [0.15, 0.2) is 0 Å². The zero-order valence-corrected chi connectivity index (χ0v) is 27.2. The molecule has 0 saturated carbocycles. The monoisotopic (exact) mass is 634 g/mol. The molecule has 0 N–H and O–H groups in total. The number of nitrogens with zero attached hydrogens (tertiary/aromatic N) is 2. The lowest BCUT2D eigenvalue weighted by atomic mass is 9.98. The molecule has 0 aliphatic carbocycles. The number of aromatic nitrogens is 2. The van der Waals surface area contributed by atoms with Gasteiger partial charge in [0.1, 0.15) is 0 Å². The maximum absolute atomic E-state index is 3.17. The second kappa shape index (κ2) is 11.4. The van der Waals surface area contributed by atoms with Crippen LogP contribution in [0.25, 0.3) is 88.4 Å². The van der Waals surface area contributed by atoms with Gasteiger partial charge >= 0.3 is 0 Å². The van der Waals surface area contributed by atoms with Crippen molar-refractivity contribution in [2.75, 3.05) is 0 Å². The number of hydrogen-bond acceptors (Lipinski definition) is 0. The molecule has 0 fully saturated rings. The molecule has 8 aromatic carbocycles. The summed E-state index contributed by atoms with van der Waals surface area (Å²) in [7, 11) is 0. The molecular formula is C48H30N2. The number of para-hydroxylation sites is 2. The molecule has 50 heavy (non-hydrogen) atoms. The van der Waals surface area contributed by atoms with E-state index in [4.69, 9.17) is 0 Å². The molecule has 2 nitrogen and oxygen atoms in total. The molecule has 0 atom stereocenters. The fraction of sp³-hybridized carbons (Fsp3) is 0. The van der Waals surface area contributed by atoms with Gasteiger partial charge in [0, 0.05) is 33.3 Å². The molecule has 0 spiro atoms. The quantitative estimate of drug-likeness (QED) is 0.178. The Bertz CT molecular complexity index is 2820. The smallest absolute Gasteiger partial charge is 0.0552 e. The topological polar surface area (TPSA) is 9.86 Å². The van der Waals surface area contributed by atoms with Crippen molar-refractivity contribution in [3.8, 4) is 44.8 Å². The van der Waals surface area contributed by atoms with E-state index in [1.165, 1.54) is 82.7 Å². The predicted molar refractivity (Wildman–Crippen MR) is 209 cm³/mol. The Hall–Kier alpha value is -6.82. The Morgan fingerprint density at radius 3 is 1.34 bits per heavy atom. The van der Waals surface area contributed by atoms with Crippen LogP contribution in [0, 0.1) is 12.1 Å². The van der Waals surface area contributed by atoms with E-state index >= 15 is 0 Å². The highest BCUT2D eigenvalue weighted by atomic mass is 15.0. The molecular weight excluding hydrogens is 605 g/mol. The van der Waals surface area contributed by atoms with Crippen molar-refractivity contribution in [3.63, 3.8) is 0 Å². The van der Waals surface area contributed by atoms with E-state index in [0.717, 1.165) is 5.69 Å². The lowest BCUT2D eigenvalue weighted by Crippen LogP contribution is -1.93. The SMILES string of the molecule is c1ccc(-n2c3ccc(-c4ccc(-c5ccccc5)cc4)cc3c3cc(-c4ccc5c(c4)c4ccccc4n5-c4ccccc4)ccc32)cc#1. The summed E-state index contributed by atoms with van der Waals surface area (Å²) < 4.78 is 4.71. The molecule has 10 rings (SSSR count). The summed E-state index contributed by atoms with van der Waals surface area (Å²) >= 11 is 0. The first-order valence-electron chi connectivity index (χ1n) is 17.0. The number of benzene rings is 7. The second-order valence-electron chi connectivity index (χ2n) is 12.9. The van der Waals surface area contributed by atoms with Crippen molar-refractivity contribution in [2.45, 2.75) is 0 Å². The highest BCUT2D eigenvalue weighted by molar-refractivity contribution is 6.13. The van der Waals surface area contributed by atoms with Gasteiger partial charge in [-0.15, -0.1) is 0 Å². The van der Waals surface area contributed by atoms with Crippen LogP contribution in [0.2, 0.25) is 0 Å². The third-order valence-electron chi connectivity index (χ3n) is 10.0. The van der Waals surface area contributed by atoms with Crippen LogP contribution in [0.15, 0.2) is 182 Å². The van der Waals surface area contributed by atoms with E-state index in [2.05, 4.69) is 191 Å². The van der Waals surface area contributed by atoms with Crippen molar-refractivity contribution in [3.05, 3.63) is 194 Å². The Kier molecular flexibility index (Phi) is 6.44. The van der Waals surface area contributed by atoms with Gasteiger partial charge in [-0.25, -0.2) is 0 Å². The minimum absolute atomic E-state index is 1.08. The van der Waals surface area contributed by atoms with Crippen LogP contribution in [0.1, 0.15) is 0 Å². The normalized spacial score (nSPS) is 11.4. The maximum Gasteiger partial charge on any atom is 0.0552 e. The summed E-state index contributed by atoms with van der Waals surface area (Å²) in [6.07, 6.45) is 0. The summed E-state index contributed by atoms with van der Waals surface area (Å²) in [6.45, 7) is 0. The van der Waals surface area contributed by atoms with E-state index in [1.54, 1.807) is 0 Å². The summed E-state index contributed by atoms with van der Waals surface area (Å²) in [5, 5.41) is 4.95. The van der Waals surface area contributed by atoms with Crippen molar-refractivity contribution >= 4 is 43.6 Å². The average molecular weight is 635 g/mol. The van der Waals surface area contributed by atoms with Crippen molar-refractivity contribution < 1.29 is 0 Å². The Balaban J connectivity index is 1.15. The summed E-state index contributed by atoms with van der Waals surface area (Å²) in [4.78, 5) is 0. The predicted octanol–water partition coefficient (Wildman–Crippen LogP) is 12.5. The van der Waals surface area contributed by atoms with Gasteiger partial charge in [-0.05, 0) is 100 Å². The largest absolute Gasteiger partial charge is 0.309 e. The number of hydrogen-bond donors (Lipinski definition) is 0. The molecule has 0 radical (unpaired) electrons. The molecule has 0 unspecified atom stereocenters. The van der Waals surface area contributed by atoms with Crippen molar-refractivity contribution in [1.82, 2.24) is 9.13 Å². The van der Waals surface area contributed by atoms with E-state index in [1.807, 2.05) is 12.1 Å². The van der Waals surface area contributed by atoms with Gasteiger partial charge in [0.2, 0.25) is 0 Å². The molecule has 10 aromatic rings. The molecule has 0 saturated heterocycles. The first-order chi connectivity index (χ1) is 24.8. The second-order valence-corrected chi connectivity index (χ2v) is 12.9. The van der Waals surface area contributed by atoms with E-state index in [0.29, 0.717) is 0 Å². The van der Waals surface area contributed by atoms with Crippen LogP contribution in [-0.4, -0.2) is 9.13 Å². The van der Waals surface area contributed by atoms with Crippen LogP contribution in [-0.2, 0) is 0 Å². The minimum Gasteiger partial charge on any atom is -0.309 e. The summed E-state index contributed by atoms with van der Waals surface area (Å²) in [6, 6.07) is 71.8. The minimum atomic E-state index is 1.08. The standard InChI is InChI=1S/C48H30N2/c1-4-12-33(13-5-1)34-20-22-35(23-21-34)36-24-27-47-43(30-36)44-32-38(26-29-48(44)50(47)40-16-8-3-9-17-40)37-25-28-46-42(31-37)41-18-10-11-19-45(41)49(46)39-14-6-2-7-15-39/h1-2,4-8,10-32H. The third kappa shape index (κ3) is 4.53. The Labute approximate surface area is 290 Å². The zero-order chi connectivity index (χ0) is 33.0. The summed E-state index contributed by atoms with van der Waals surface area (Å²) in [5.41, 5.74) is 14.2.